The maximum atomic E-state index is 5.72. The van der Waals surface area contributed by atoms with E-state index in [4.69, 9.17) is 10.8 Å². The van der Waals surface area contributed by atoms with Gasteiger partial charge in [-0.25, -0.2) is 0 Å². The molecule has 1 aromatic heterocycles. The zero-order valence-electron chi connectivity index (χ0n) is 11.7. The largest absolute Gasteiger partial charge is 0.330 e. The molecule has 0 radical (unpaired) electrons. The Kier molecular flexibility index (Phi) is 4.78. The summed E-state index contributed by atoms with van der Waals surface area (Å²) in [4.78, 5) is 2.47. The molecule has 0 saturated carbocycles. The van der Waals surface area contributed by atoms with Gasteiger partial charge in [0, 0.05) is 19.3 Å². The molecule has 102 valence electrons. The number of nitrogens with two attached hydrogens (primary N) is 1. The molecule has 1 atom stereocenters. The molecule has 0 spiro atoms. The van der Waals surface area contributed by atoms with E-state index in [-0.39, 0.29) is 0 Å². The molecule has 2 heterocycles. The molecule has 4 heteroatoms. The lowest BCUT2D eigenvalue weighted by Crippen LogP contribution is -2.23. The summed E-state index contributed by atoms with van der Waals surface area (Å²) in [5.74, 6) is 0.686. The molecule has 1 saturated heterocycles. The first-order chi connectivity index (χ1) is 8.76. The maximum Gasteiger partial charge on any atom is 0.0764 e. The summed E-state index contributed by atoms with van der Waals surface area (Å²) in [6.07, 6.45) is 5.67. The number of aromatic nitrogens is 2. The van der Waals surface area contributed by atoms with Crippen molar-refractivity contribution in [3.63, 3.8) is 0 Å². The number of nitrogens with zero attached hydrogens (tertiary/aromatic N) is 3. The maximum absolute atomic E-state index is 5.72. The van der Waals surface area contributed by atoms with Crippen molar-refractivity contribution in [2.75, 3.05) is 19.6 Å². The van der Waals surface area contributed by atoms with E-state index in [0.717, 1.165) is 32.5 Å². The van der Waals surface area contributed by atoms with Crippen molar-refractivity contribution < 1.29 is 0 Å². The van der Waals surface area contributed by atoms with Crippen LogP contribution in [0.5, 0.6) is 0 Å². The highest BCUT2D eigenvalue weighted by atomic mass is 15.3. The van der Waals surface area contributed by atoms with Crippen molar-refractivity contribution in [3.8, 4) is 0 Å². The van der Waals surface area contributed by atoms with E-state index in [9.17, 15) is 0 Å². The summed E-state index contributed by atoms with van der Waals surface area (Å²) in [6.45, 7) is 8.54. The third-order valence-electron chi connectivity index (χ3n) is 4.07. The molecule has 4 nitrogen and oxygen atoms in total. The third-order valence-corrected chi connectivity index (χ3v) is 4.07. The topological polar surface area (TPSA) is 47.1 Å². The quantitative estimate of drug-likeness (QED) is 0.840. The van der Waals surface area contributed by atoms with Crippen molar-refractivity contribution in [2.24, 2.45) is 11.7 Å². The van der Waals surface area contributed by atoms with Crippen LogP contribution in [0, 0.1) is 5.92 Å². The van der Waals surface area contributed by atoms with Gasteiger partial charge in [-0.2, -0.15) is 5.10 Å². The van der Waals surface area contributed by atoms with Crippen molar-refractivity contribution in [3.05, 3.63) is 18.0 Å². The number of hydrogen-bond donors (Lipinski definition) is 1. The number of likely N-dealkylation sites (tertiary alicyclic amines) is 1. The first-order valence-corrected chi connectivity index (χ1v) is 7.23. The van der Waals surface area contributed by atoms with E-state index in [1.807, 2.05) is 0 Å². The van der Waals surface area contributed by atoms with E-state index in [0.29, 0.717) is 12.0 Å². The van der Waals surface area contributed by atoms with Gasteiger partial charge < -0.3 is 5.73 Å². The Morgan fingerprint density at radius 2 is 2.22 bits per heavy atom. The molecule has 1 fully saturated rings. The highest BCUT2D eigenvalue weighted by Crippen LogP contribution is 2.18. The molecule has 1 unspecified atom stereocenters. The fraction of sp³-hybridized carbons (Fsp3) is 0.786. The lowest BCUT2D eigenvalue weighted by molar-refractivity contribution is 0.310. The van der Waals surface area contributed by atoms with Crippen LogP contribution in [0.1, 0.15) is 44.8 Å². The van der Waals surface area contributed by atoms with Crippen molar-refractivity contribution in [1.82, 2.24) is 14.7 Å². The fourth-order valence-electron chi connectivity index (χ4n) is 2.81. The standard InChI is InChI=1S/C14H26N4/c1-3-14(4-2)18-8-6-13(16-18)11-17-7-5-12(9-15)10-17/h6,8,12,14H,3-5,7,9-11,15H2,1-2H3. The van der Waals surface area contributed by atoms with Crippen LogP contribution >= 0.6 is 0 Å². The molecule has 1 aliphatic heterocycles. The van der Waals surface area contributed by atoms with Crippen LogP contribution in [0.3, 0.4) is 0 Å². The Bertz CT molecular complexity index is 356. The second-order valence-corrected chi connectivity index (χ2v) is 5.38. The van der Waals surface area contributed by atoms with Crippen molar-refractivity contribution >= 4 is 0 Å². The average Bonchev–Trinajstić information content (AvgIpc) is 3.01. The molecule has 0 aromatic carbocycles. The van der Waals surface area contributed by atoms with E-state index in [1.54, 1.807) is 0 Å². The van der Waals surface area contributed by atoms with Gasteiger partial charge in [-0.1, -0.05) is 13.8 Å². The highest BCUT2D eigenvalue weighted by molar-refractivity contribution is 5.00. The molecular formula is C14H26N4. The summed E-state index contributed by atoms with van der Waals surface area (Å²) in [5, 5.41) is 4.71. The predicted molar refractivity (Wildman–Crippen MR) is 74.3 cm³/mol. The minimum atomic E-state index is 0.550. The van der Waals surface area contributed by atoms with Gasteiger partial charge in [0.15, 0.2) is 0 Å². The second-order valence-electron chi connectivity index (χ2n) is 5.38. The molecular weight excluding hydrogens is 224 g/mol. The number of rotatable bonds is 6. The minimum absolute atomic E-state index is 0.550. The van der Waals surface area contributed by atoms with Gasteiger partial charge in [0.25, 0.3) is 0 Å². The summed E-state index contributed by atoms with van der Waals surface area (Å²) in [7, 11) is 0. The lowest BCUT2D eigenvalue weighted by Gasteiger charge is -2.15. The Morgan fingerprint density at radius 1 is 1.44 bits per heavy atom. The van der Waals surface area contributed by atoms with Crippen LogP contribution in [-0.4, -0.2) is 34.3 Å². The van der Waals surface area contributed by atoms with Crippen LogP contribution in [0.15, 0.2) is 12.3 Å². The summed E-state index contributed by atoms with van der Waals surface area (Å²) < 4.78 is 2.13. The normalized spacial score (nSPS) is 21.0. The second kappa shape index (κ2) is 6.34. The lowest BCUT2D eigenvalue weighted by atomic mass is 10.1. The average molecular weight is 250 g/mol. The molecule has 0 aliphatic carbocycles. The van der Waals surface area contributed by atoms with Gasteiger partial charge in [-0.05, 0) is 44.3 Å². The zero-order chi connectivity index (χ0) is 13.0. The van der Waals surface area contributed by atoms with Gasteiger partial charge in [0.05, 0.1) is 11.7 Å². The van der Waals surface area contributed by atoms with Crippen LogP contribution in [0.4, 0.5) is 0 Å². The molecule has 2 N–H and O–H groups in total. The zero-order valence-corrected chi connectivity index (χ0v) is 11.7. The Morgan fingerprint density at radius 3 is 2.83 bits per heavy atom. The molecule has 18 heavy (non-hydrogen) atoms. The van der Waals surface area contributed by atoms with Crippen molar-refractivity contribution in [2.45, 2.75) is 45.7 Å². The molecule has 2 rings (SSSR count). The Hall–Kier alpha value is -0.870. The Balaban J connectivity index is 1.91. The highest BCUT2D eigenvalue weighted by Gasteiger charge is 2.21. The van der Waals surface area contributed by atoms with Crippen molar-refractivity contribution in [1.29, 1.82) is 0 Å². The fourth-order valence-corrected chi connectivity index (χ4v) is 2.81. The summed E-state index contributed by atoms with van der Waals surface area (Å²) in [6, 6.07) is 2.71. The third kappa shape index (κ3) is 3.12. The Labute approximate surface area is 110 Å². The number of hydrogen-bond acceptors (Lipinski definition) is 3. The predicted octanol–water partition coefficient (Wildman–Crippen LogP) is 2.02. The van der Waals surface area contributed by atoms with E-state index >= 15 is 0 Å². The summed E-state index contributed by atoms with van der Waals surface area (Å²) in [5.41, 5.74) is 6.92. The van der Waals surface area contributed by atoms with E-state index in [2.05, 4.69) is 35.7 Å². The first kappa shape index (κ1) is 13.6. The molecule has 1 aliphatic rings. The molecule has 0 amide bonds. The van der Waals surface area contributed by atoms with Gasteiger partial charge in [0.1, 0.15) is 0 Å². The van der Waals surface area contributed by atoms with E-state index < -0.39 is 0 Å². The van der Waals surface area contributed by atoms with E-state index in [1.165, 1.54) is 18.7 Å². The van der Waals surface area contributed by atoms with Gasteiger partial charge in [-0.15, -0.1) is 0 Å². The minimum Gasteiger partial charge on any atom is -0.330 e. The summed E-state index contributed by atoms with van der Waals surface area (Å²) >= 11 is 0. The smallest absolute Gasteiger partial charge is 0.0764 e. The monoisotopic (exact) mass is 250 g/mol. The molecule has 1 aromatic rings. The van der Waals surface area contributed by atoms with Gasteiger partial charge in [-0.3, -0.25) is 9.58 Å². The first-order valence-electron chi connectivity index (χ1n) is 7.23. The van der Waals surface area contributed by atoms with Gasteiger partial charge >= 0.3 is 0 Å². The van der Waals surface area contributed by atoms with Crippen LogP contribution in [0.25, 0.3) is 0 Å². The van der Waals surface area contributed by atoms with Crippen LogP contribution in [0.2, 0.25) is 0 Å². The SMILES string of the molecule is CCC(CC)n1ccc(CN2CCC(CN)C2)n1. The van der Waals surface area contributed by atoms with Gasteiger partial charge in [0.2, 0.25) is 0 Å². The molecule has 0 bridgehead atoms. The van der Waals surface area contributed by atoms with Crippen LogP contribution < -0.4 is 5.73 Å². The van der Waals surface area contributed by atoms with Crippen LogP contribution in [-0.2, 0) is 6.54 Å².